The Morgan fingerprint density at radius 3 is 2.08 bits per heavy atom. The minimum absolute atomic E-state index is 0.0652. The molecule has 0 saturated heterocycles. The molecule has 0 bridgehead atoms. The summed E-state index contributed by atoms with van der Waals surface area (Å²) in [5.74, 6) is -0.559. The Bertz CT molecular complexity index is 1520. The van der Waals surface area contributed by atoms with Gasteiger partial charge in [0.1, 0.15) is 5.75 Å². The van der Waals surface area contributed by atoms with Crippen LogP contribution in [0.3, 0.4) is 0 Å². The third-order valence-corrected chi connectivity index (χ3v) is 6.65. The first-order chi connectivity index (χ1) is 17.8. The van der Waals surface area contributed by atoms with E-state index in [0.29, 0.717) is 27.6 Å². The van der Waals surface area contributed by atoms with E-state index in [2.05, 4.69) is 15.2 Å². The second-order valence-corrected chi connectivity index (χ2v) is 9.78. The number of benzene rings is 4. The molecule has 0 saturated carbocycles. The van der Waals surface area contributed by atoms with Gasteiger partial charge in [0, 0.05) is 16.3 Å². The number of sulfonamides is 1. The van der Waals surface area contributed by atoms with Crippen LogP contribution in [0.1, 0.15) is 26.3 Å². The molecule has 37 heavy (non-hydrogen) atoms. The molecule has 4 rings (SSSR count). The van der Waals surface area contributed by atoms with Crippen LogP contribution in [0.25, 0.3) is 0 Å². The van der Waals surface area contributed by atoms with Crippen molar-refractivity contribution in [2.45, 2.75) is 4.90 Å². The largest absolute Gasteiger partial charge is 0.423 e. The number of esters is 1. The average molecular weight is 534 g/mol. The summed E-state index contributed by atoms with van der Waals surface area (Å²) in [6.07, 6.45) is 1.44. The summed E-state index contributed by atoms with van der Waals surface area (Å²) in [5, 5.41) is 4.36. The Kier molecular flexibility index (Phi) is 7.97. The van der Waals surface area contributed by atoms with Crippen molar-refractivity contribution < 1.29 is 22.7 Å². The zero-order valence-corrected chi connectivity index (χ0v) is 20.7. The minimum atomic E-state index is -3.79. The van der Waals surface area contributed by atoms with Crippen molar-refractivity contribution in [1.29, 1.82) is 0 Å². The van der Waals surface area contributed by atoms with Gasteiger partial charge in [0.2, 0.25) is 0 Å². The molecule has 0 unspecified atom stereocenters. The standard InChI is InChI=1S/C27H20ClN3O5S/c28-22-10-16-25(17-11-22)37(34,35)31-23-12-8-20(9-13-23)26(32)30-29-18-19-6-14-24(15-7-19)36-27(33)21-4-2-1-3-5-21/h1-18,31H,(H,30,32)/b29-18-. The molecule has 4 aromatic rings. The number of halogens is 1. The maximum atomic E-state index is 12.5. The van der Waals surface area contributed by atoms with Gasteiger partial charge in [0.15, 0.2) is 0 Å². The average Bonchev–Trinajstić information content (AvgIpc) is 2.90. The number of nitrogens with zero attached hydrogens (tertiary/aromatic N) is 1. The van der Waals surface area contributed by atoms with Crippen molar-refractivity contribution in [3.05, 3.63) is 125 Å². The summed E-state index contributed by atoms with van der Waals surface area (Å²) in [6, 6.07) is 26.9. The lowest BCUT2D eigenvalue weighted by Crippen LogP contribution is -2.18. The molecule has 0 spiro atoms. The Morgan fingerprint density at radius 1 is 0.784 bits per heavy atom. The molecule has 2 N–H and O–H groups in total. The summed E-state index contributed by atoms with van der Waals surface area (Å²) in [4.78, 5) is 24.5. The first kappa shape index (κ1) is 25.6. The van der Waals surface area contributed by atoms with Gasteiger partial charge < -0.3 is 4.74 Å². The van der Waals surface area contributed by atoms with E-state index in [-0.39, 0.29) is 10.5 Å². The van der Waals surface area contributed by atoms with Gasteiger partial charge in [-0.1, -0.05) is 29.8 Å². The number of nitrogens with one attached hydrogen (secondary N) is 2. The fourth-order valence-electron chi connectivity index (χ4n) is 3.11. The highest BCUT2D eigenvalue weighted by Gasteiger charge is 2.14. The molecule has 10 heteroatoms. The van der Waals surface area contributed by atoms with Crippen molar-refractivity contribution in [3.8, 4) is 5.75 Å². The van der Waals surface area contributed by atoms with E-state index < -0.39 is 21.9 Å². The first-order valence-electron chi connectivity index (χ1n) is 10.9. The smallest absolute Gasteiger partial charge is 0.343 e. The van der Waals surface area contributed by atoms with E-state index in [4.69, 9.17) is 16.3 Å². The summed E-state index contributed by atoms with van der Waals surface area (Å²) in [6.45, 7) is 0. The van der Waals surface area contributed by atoms with E-state index in [9.17, 15) is 18.0 Å². The molecule has 8 nitrogen and oxygen atoms in total. The molecule has 0 fully saturated rings. The molecule has 0 aliphatic heterocycles. The van der Waals surface area contributed by atoms with E-state index >= 15 is 0 Å². The van der Waals surface area contributed by atoms with Gasteiger partial charge in [-0.25, -0.2) is 18.6 Å². The highest BCUT2D eigenvalue weighted by molar-refractivity contribution is 7.92. The Labute approximate surface area is 218 Å². The fourth-order valence-corrected chi connectivity index (χ4v) is 4.29. The van der Waals surface area contributed by atoms with Crippen LogP contribution in [0.15, 0.2) is 113 Å². The SMILES string of the molecule is O=C(N/N=C\c1ccc(OC(=O)c2ccccc2)cc1)c1ccc(NS(=O)(=O)c2ccc(Cl)cc2)cc1. The second kappa shape index (κ2) is 11.5. The van der Waals surface area contributed by atoms with Crippen molar-refractivity contribution in [1.82, 2.24) is 5.43 Å². The first-order valence-corrected chi connectivity index (χ1v) is 12.8. The highest BCUT2D eigenvalue weighted by Crippen LogP contribution is 2.19. The number of rotatable bonds is 8. The molecular weight excluding hydrogens is 514 g/mol. The van der Waals surface area contributed by atoms with Crippen molar-refractivity contribution in [2.75, 3.05) is 4.72 Å². The van der Waals surface area contributed by atoms with Gasteiger partial charge in [-0.05, 0) is 90.5 Å². The number of hydrogen-bond acceptors (Lipinski definition) is 6. The van der Waals surface area contributed by atoms with Crippen LogP contribution in [0.4, 0.5) is 5.69 Å². The molecule has 0 heterocycles. The molecule has 186 valence electrons. The number of hydrazone groups is 1. The van der Waals surface area contributed by atoms with Gasteiger partial charge in [-0.2, -0.15) is 5.10 Å². The molecule has 1 amide bonds. The topological polar surface area (TPSA) is 114 Å². The normalized spacial score (nSPS) is 11.2. The number of anilines is 1. The predicted octanol–water partition coefficient (Wildman–Crippen LogP) is 5.12. The van der Waals surface area contributed by atoms with Gasteiger partial charge >= 0.3 is 5.97 Å². The maximum absolute atomic E-state index is 12.5. The summed E-state index contributed by atoms with van der Waals surface area (Å²) in [5.41, 5.74) is 4.11. The van der Waals surface area contributed by atoms with Crippen LogP contribution in [0.2, 0.25) is 5.02 Å². The number of carbonyl (C=O) groups is 2. The molecule has 0 atom stereocenters. The van der Waals surface area contributed by atoms with Crippen LogP contribution < -0.4 is 14.9 Å². The Morgan fingerprint density at radius 2 is 1.43 bits per heavy atom. The van der Waals surface area contributed by atoms with Gasteiger partial charge in [0.25, 0.3) is 15.9 Å². The zero-order valence-electron chi connectivity index (χ0n) is 19.2. The third kappa shape index (κ3) is 7.03. The summed E-state index contributed by atoms with van der Waals surface area (Å²) >= 11 is 5.80. The quantitative estimate of drug-likeness (QED) is 0.141. The van der Waals surface area contributed by atoms with Crippen LogP contribution in [0.5, 0.6) is 5.75 Å². The highest BCUT2D eigenvalue weighted by atomic mass is 35.5. The van der Waals surface area contributed by atoms with Gasteiger partial charge in [-0.15, -0.1) is 0 Å². The van der Waals surface area contributed by atoms with Crippen molar-refractivity contribution in [2.24, 2.45) is 5.10 Å². The molecule has 0 aromatic heterocycles. The van der Waals surface area contributed by atoms with E-state index in [1.165, 1.54) is 54.7 Å². The summed E-state index contributed by atoms with van der Waals surface area (Å²) in [7, 11) is -3.79. The second-order valence-electron chi connectivity index (χ2n) is 7.66. The van der Waals surface area contributed by atoms with Gasteiger partial charge in [0.05, 0.1) is 16.7 Å². The number of ether oxygens (including phenoxy) is 1. The Balaban J connectivity index is 1.30. The maximum Gasteiger partial charge on any atom is 0.343 e. The fraction of sp³-hybridized carbons (Fsp3) is 0. The molecule has 0 radical (unpaired) electrons. The number of amides is 1. The lowest BCUT2D eigenvalue weighted by Gasteiger charge is -2.09. The zero-order chi connectivity index (χ0) is 26.3. The van der Waals surface area contributed by atoms with Crippen LogP contribution >= 0.6 is 11.6 Å². The lowest BCUT2D eigenvalue weighted by atomic mass is 10.2. The van der Waals surface area contributed by atoms with E-state index in [1.807, 2.05) is 6.07 Å². The van der Waals surface area contributed by atoms with Crippen LogP contribution in [-0.4, -0.2) is 26.5 Å². The van der Waals surface area contributed by atoms with Crippen molar-refractivity contribution in [3.63, 3.8) is 0 Å². The molecule has 4 aromatic carbocycles. The van der Waals surface area contributed by atoms with Crippen molar-refractivity contribution >= 4 is 45.4 Å². The van der Waals surface area contributed by atoms with Gasteiger partial charge in [-0.3, -0.25) is 9.52 Å². The molecule has 0 aliphatic rings. The lowest BCUT2D eigenvalue weighted by molar-refractivity contribution is 0.0734. The summed E-state index contributed by atoms with van der Waals surface area (Å²) < 4.78 is 32.7. The number of hydrogen-bond donors (Lipinski definition) is 2. The molecular formula is C27H20ClN3O5S. The monoisotopic (exact) mass is 533 g/mol. The van der Waals surface area contributed by atoms with E-state index in [0.717, 1.165) is 0 Å². The van der Waals surface area contributed by atoms with E-state index in [1.54, 1.807) is 48.5 Å². The van der Waals surface area contributed by atoms with Crippen LogP contribution in [0, 0.1) is 0 Å². The minimum Gasteiger partial charge on any atom is -0.423 e. The third-order valence-electron chi connectivity index (χ3n) is 5.00. The molecule has 0 aliphatic carbocycles. The predicted molar refractivity (Wildman–Crippen MR) is 142 cm³/mol. The number of carbonyl (C=O) groups excluding carboxylic acids is 2. The Hall–Kier alpha value is -4.47. The van der Waals surface area contributed by atoms with Crippen LogP contribution in [-0.2, 0) is 10.0 Å².